The summed E-state index contributed by atoms with van der Waals surface area (Å²) in [6.07, 6.45) is 6.75. The summed E-state index contributed by atoms with van der Waals surface area (Å²) in [7, 11) is -3.69. The molecule has 9 nitrogen and oxygen atoms in total. The third-order valence-electron chi connectivity index (χ3n) is 8.68. The van der Waals surface area contributed by atoms with Crippen molar-refractivity contribution in [2.75, 3.05) is 24.1 Å². The average Bonchev–Trinajstić information content (AvgIpc) is 3.26. The number of nitrogen functional groups attached to an aromatic ring is 1. The van der Waals surface area contributed by atoms with E-state index in [4.69, 9.17) is 11.5 Å². The largest absolute Gasteiger partial charge is 0.382 e. The molecule has 41 heavy (non-hydrogen) atoms. The lowest BCUT2D eigenvalue weighted by atomic mass is 9.96. The van der Waals surface area contributed by atoms with Crippen molar-refractivity contribution in [3.8, 4) is 0 Å². The minimum absolute atomic E-state index is 0.0588. The zero-order valence-electron chi connectivity index (χ0n) is 22.3. The van der Waals surface area contributed by atoms with Gasteiger partial charge in [-0.1, -0.05) is 17.4 Å². The molecule has 3 aliphatic rings. The van der Waals surface area contributed by atoms with E-state index in [9.17, 15) is 22.0 Å². The van der Waals surface area contributed by atoms with E-state index in [0.29, 0.717) is 54.9 Å². The van der Waals surface area contributed by atoms with Crippen molar-refractivity contribution in [2.24, 2.45) is 23.5 Å². The molecule has 2 unspecified atom stereocenters. The number of anilines is 2. The maximum absolute atomic E-state index is 14.1. The first-order valence-electron chi connectivity index (χ1n) is 13.8. The van der Waals surface area contributed by atoms with Gasteiger partial charge in [0.1, 0.15) is 27.2 Å². The van der Waals surface area contributed by atoms with E-state index in [-0.39, 0.29) is 21.6 Å². The monoisotopic (exact) mass is 602 g/mol. The van der Waals surface area contributed by atoms with E-state index >= 15 is 0 Å². The average molecular weight is 603 g/mol. The summed E-state index contributed by atoms with van der Waals surface area (Å²) >= 11 is 0.916. The number of nitrogens with one attached hydrogen (secondary N) is 1. The minimum atomic E-state index is -3.69. The summed E-state index contributed by atoms with van der Waals surface area (Å²) in [6, 6.07) is 6.93. The number of aryl methyl sites for hydroxylation is 1. The van der Waals surface area contributed by atoms with Gasteiger partial charge in [-0.25, -0.2) is 22.2 Å². The van der Waals surface area contributed by atoms with Gasteiger partial charge in [-0.05, 0) is 80.5 Å². The highest BCUT2D eigenvalue weighted by atomic mass is 32.2. The fraction of sp³-hybridized carbons (Fsp3) is 0.464. The van der Waals surface area contributed by atoms with Gasteiger partial charge in [0, 0.05) is 37.1 Å². The van der Waals surface area contributed by atoms with Crippen molar-refractivity contribution in [3.63, 3.8) is 0 Å². The van der Waals surface area contributed by atoms with Gasteiger partial charge in [0.05, 0.1) is 5.56 Å². The molecule has 3 fully saturated rings. The van der Waals surface area contributed by atoms with Crippen molar-refractivity contribution in [2.45, 2.75) is 55.5 Å². The molecule has 3 aromatic rings. The maximum Gasteiger partial charge on any atom is 0.244 e. The highest BCUT2D eigenvalue weighted by molar-refractivity contribution is 7.89. The van der Waals surface area contributed by atoms with Crippen molar-refractivity contribution < 1.29 is 22.0 Å². The van der Waals surface area contributed by atoms with Crippen molar-refractivity contribution in [3.05, 3.63) is 64.3 Å². The zero-order chi connectivity index (χ0) is 28.9. The zero-order valence-corrected chi connectivity index (χ0v) is 23.9. The molecular weight excluding hydrogens is 570 g/mol. The summed E-state index contributed by atoms with van der Waals surface area (Å²) < 4.78 is 56.1. The van der Waals surface area contributed by atoms with E-state index in [1.807, 2.05) is 6.07 Å². The van der Waals surface area contributed by atoms with Crippen LogP contribution in [0.15, 0.2) is 41.4 Å². The number of nitrogens with two attached hydrogens (primary N) is 2. The third kappa shape index (κ3) is 5.60. The summed E-state index contributed by atoms with van der Waals surface area (Å²) in [5.74, 6) is -0.833. The van der Waals surface area contributed by atoms with E-state index in [1.165, 1.54) is 29.4 Å². The van der Waals surface area contributed by atoms with Crippen LogP contribution < -0.4 is 16.8 Å². The second kappa shape index (κ2) is 11.0. The fourth-order valence-electron chi connectivity index (χ4n) is 6.25. The fourth-order valence-corrected chi connectivity index (χ4v) is 8.58. The molecular formula is C28H32F2N6O3S2. The molecule has 6 rings (SSSR count). The predicted octanol–water partition coefficient (Wildman–Crippen LogP) is 3.81. The summed E-state index contributed by atoms with van der Waals surface area (Å²) in [5, 5.41) is 3.52. The molecule has 1 aliphatic heterocycles. The number of piperidine rings is 1. The smallest absolute Gasteiger partial charge is 0.244 e. The Balaban J connectivity index is 1.02. The lowest BCUT2D eigenvalue weighted by Gasteiger charge is -2.31. The van der Waals surface area contributed by atoms with Crippen LogP contribution in [0.1, 0.15) is 53.0 Å². The Labute approximate surface area is 241 Å². The Morgan fingerprint density at radius 2 is 1.78 bits per heavy atom. The molecule has 0 amide bonds. The third-order valence-corrected chi connectivity index (χ3v) is 11.6. The number of fused-ring (bicyclic) bond motifs is 1. The van der Waals surface area contributed by atoms with Gasteiger partial charge >= 0.3 is 0 Å². The van der Waals surface area contributed by atoms with Gasteiger partial charge in [0.25, 0.3) is 0 Å². The number of ketones is 1. The summed E-state index contributed by atoms with van der Waals surface area (Å²) in [4.78, 5) is 21.5. The van der Waals surface area contributed by atoms with Crippen molar-refractivity contribution in [1.82, 2.24) is 14.3 Å². The number of rotatable bonds is 9. The van der Waals surface area contributed by atoms with Gasteiger partial charge < -0.3 is 16.8 Å². The van der Waals surface area contributed by atoms with Gasteiger partial charge in [-0.15, -0.1) is 0 Å². The van der Waals surface area contributed by atoms with Gasteiger partial charge in [-0.3, -0.25) is 9.78 Å². The normalized spacial score (nSPS) is 24.8. The lowest BCUT2D eigenvalue weighted by molar-refractivity contribution is 0.103. The lowest BCUT2D eigenvalue weighted by Crippen LogP contribution is -2.42. The molecule has 13 heteroatoms. The molecule has 3 heterocycles. The van der Waals surface area contributed by atoms with Crippen LogP contribution in [0.4, 0.5) is 19.7 Å². The molecule has 4 atom stereocenters. The molecule has 2 aromatic heterocycles. The van der Waals surface area contributed by atoms with Crippen molar-refractivity contribution >= 4 is 38.1 Å². The Hall–Kier alpha value is -3.00. The first kappa shape index (κ1) is 28.1. The second-order valence-corrected chi connectivity index (χ2v) is 14.2. The Morgan fingerprint density at radius 1 is 1.10 bits per heavy atom. The predicted molar refractivity (Wildman–Crippen MR) is 152 cm³/mol. The van der Waals surface area contributed by atoms with Crippen LogP contribution in [0, 0.1) is 29.4 Å². The van der Waals surface area contributed by atoms with Crippen LogP contribution in [0.2, 0.25) is 0 Å². The molecule has 0 radical (unpaired) electrons. The van der Waals surface area contributed by atoms with Gasteiger partial charge in [0.15, 0.2) is 5.13 Å². The molecule has 2 aliphatic carbocycles. The van der Waals surface area contributed by atoms with Crippen LogP contribution >= 0.6 is 11.3 Å². The number of thiazole rings is 1. The quantitative estimate of drug-likeness (QED) is 0.314. The molecule has 1 aromatic carbocycles. The van der Waals surface area contributed by atoms with Crippen LogP contribution in [0.3, 0.4) is 0 Å². The highest BCUT2D eigenvalue weighted by Crippen LogP contribution is 2.54. The molecule has 0 spiro atoms. The number of carbonyl (C=O) groups is 1. The maximum atomic E-state index is 14.1. The number of aromatic nitrogens is 2. The standard InChI is InChI=1S/C28H32F2N6O3S2/c29-21-2-1-3-22(30)23(21)25(37)26-27(32)35-28(40-26)34-17-8-10-36(11-9-17)41(38,39)18-7-6-16(33-14-18)5-4-15-12-19-20(13-15)24(19)31/h1-3,6-7,14-15,17,19-20,24H,4-5,8-13,31-32H2,(H,34,35)/t15?,19-,20+,24?. The van der Waals surface area contributed by atoms with Crippen LogP contribution in [0.25, 0.3) is 0 Å². The number of nitrogens with zero attached hydrogens (tertiary/aromatic N) is 3. The summed E-state index contributed by atoms with van der Waals surface area (Å²) in [5.41, 5.74) is 12.1. The van der Waals surface area contributed by atoms with Crippen LogP contribution in [-0.2, 0) is 16.4 Å². The highest BCUT2D eigenvalue weighted by Gasteiger charge is 2.53. The number of sulfonamides is 1. The van der Waals surface area contributed by atoms with E-state index in [0.717, 1.165) is 42.0 Å². The molecule has 5 N–H and O–H groups in total. The SMILES string of the molecule is Nc1nc(NC2CCN(S(=O)(=O)c3ccc(CCC4C[C@@H]5C(N)[C@@H]5C4)nc3)CC2)sc1C(=O)c1c(F)cccc1F. The van der Waals surface area contributed by atoms with E-state index in [2.05, 4.69) is 15.3 Å². The van der Waals surface area contributed by atoms with Crippen LogP contribution in [-0.4, -0.2) is 53.6 Å². The van der Waals surface area contributed by atoms with E-state index in [1.54, 1.807) is 6.07 Å². The number of pyridine rings is 1. The van der Waals surface area contributed by atoms with Gasteiger partial charge in [-0.2, -0.15) is 4.31 Å². The Kier molecular flexibility index (Phi) is 7.55. The first-order valence-corrected chi connectivity index (χ1v) is 16.1. The number of hydrogen-bond acceptors (Lipinski definition) is 9. The van der Waals surface area contributed by atoms with E-state index < -0.39 is 33.0 Å². The second-order valence-electron chi connectivity index (χ2n) is 11.2. The number of hydrogen-bond donors (Lipinski definition) is 3. The Morgan fingerprint density at radius 3 is 2.41 bits per heavy atom. The van der Waals surface area contributed by atoms with Crippen molar-refractivity contribution in [1.29, 1.82) is 0 Å². The Bertz CT molecular complexity index is 1520. The topological polar surface area (TPSA) is 144 Å². The molecule has 218 valence electrons. The molecule has 0 bridgehead atoms. The number of benzene rings is 1. The number of carbonyl (C=O) groups excluding carboxylic acids is 1. The van der Waals surface area contributed by atoms with Crippen LogP contribution in [0.5, 0.6) is 0 Å². The summed E-state index contributed by atoms with van der Waals surface area (Å²) in [6.45, 7) is 0.585. The molecule has 2 saturated carbocycles. The van der Waals surface area contributed by atoms with Gasteiger partial charge in [0.2, 0.25) is 15.8 Å². The minimum Gasteiger partial charge on any atom is -0.382 e. The number of halogens is 2. The first-order chi connectivity index (χ1) is 19.6. The molecule has 1 saturated heterocycles.